The molecule has 0 aromatic heterocycles. The van der Waals surface area contributed by atoms with Crippen molar-refractivity contribution in [2.45, 2.75) is 32.1 Å². The van der Waals surface area contributed by atoms with Gasteiger partial charge in [0.25, 0.3) is 0 Å². The molecule has 86 valence electrons. The van der Waals surface area contributed by atoms with Crippen LogP contribution >= 0.6 is 0 Å². The van der Waals surface area contributed by atoms with E-state index in [4.69, 9.17) is 4.74 Å². The fraction of sp³-hybridized carbons (Fsp3) is 0.538. The molecule has 0 saturated heterocycles. The second kappa shape index (κ2) is 5.64. The first-order chi connectivity index (χ1) is 7.90. The van der Waals surface area contributed by atoms with Gasteiger partial charge in [0, 0.05) is 18.0 Å². The molecular weight excluding hydrogens is 202 g/mol. The molecule has 0 N–H and O–H groups in total. The number of ether oxygens (including phenoxy) is 1. The molecule has 3 heteroatoms. The van der Waals surface area contributed by atoms with Crippen molar-refractivity contribution in [3.63, 3.8) is 0 Å². The molecule has 0 bridgehead atoms. The van der Waals surface area contributed by atoms with Gasteiger partial charge in [0.15, 0.2) is 5.90 Å². The van der Waals surface area contributed by atoms with Crippen LogP contribution in [0.1, 0.15) is 32.1 Å². The highest BCUT2D eigenvalue weighted by atomic mass is 16.5. The van der Waals surface area contributed by atoms with Gasteiger partial charge in [-0.15, -0.1) is 0 Å². The molecule has 1 aliphatic carbocycles. The first-order valence-corrected chi connectivity index (χ1v) is 5.91. The lowest BCUT2D eigenvalue weighted by Crippen LogP contribution is -2.15. The zero-order chi connectivity index (χ0) is 11.2. The van der Waals surface area contributed by atoms with Gasteiger partial charge < -0.3 is 9.53 Å². The Balaban J connectivity index is 1.99. The normalized spacial score (nSPS) is 29.9. The van der Waals surface area contributed by atoms with Crippen molar-refractivity contribution in [1.29, 1.82) is 0 Å². The Bertz CT molecular complexity index is 331. The lowest BCUT2D eigenvalue weighted by Gasteiger charge is -2.14. The van der Waals surface area contributed by atoms with Crippen molar-refractivity contribution in [2.24, 2.45) is 16.8 Å². The minimum absolute atomic E-state index is 0.238. The van der Waals surface area contributed by atoms with Gasteiger partial charge in [-0.05, 0) is 37.8 Å². The smallest absolute Gasteiger partial charge is 0.196 e. The predicted molar refractivity (Wildman–Crippen MR) is 62.9 cm³/mol. The van der Waals surface area contributed by atoms with E-state index in [1.165, 1.54) is 0 Å². The monoisotopic (exact) mass is 219 g/mol. The number of hydrogen-bond acceptors (Lipinski definition) is 3. The maximum absolute atomic E-state index is 10.8. The van der Waals surface area contributed by atoms with Crippen molar-refractivity contribution in [2.75, 3.05) is 0 Å². The number of aliphatic imine (C=N–C) groups is 1. The summed E-state index contributed by atoms with van der Waals surface area (Å²) in [5, 5.41) is 0. The molecule has 2 aliphatic rings. The zero-order valence-electron chi connectivity index (χ0n) is 9.34. The van der Waals surface area contributed by atoms with Crippen molar-refractivity contribution >= 4 is 12.2 Å². The van der Waals surface area contributed by atoms with E-state index in [1.54, 1.807) is 12.5 Å². The summed E-state index contributed by atoms with van der Waals surface area (Å²) in [6.45, 7) is 0. The zero-order valence-corrected chi connectivity index (χ0v) is 9.34. The van der Waals surface area contributed by atoms with Gasteiger partial charge in [0.05, 0.1) is 6.26 Å². The molecule has 0 aromatic rings. The average Bonchev–Trinajstić information content (AvgIpc) is 2.71. The molecule has 2 unspecified atom stereocenters. The largest absolute Gasteiger partial charge is 0.450 e. The van der Waals surface area contributed by atoms with E-state index in [1.807, 2.05) is 12.2 Å². The molecule has 16 heavy (non-hydrogen) atoms. The number of rotatable bonds is 2. The molecule has 1 heterocycles. The summed E-state index contributed by atoms with van der Waals surface area (Å²) in [7, 11) is 0. The fourth-order valence-corrected chi connectivity index (χ4v) is 2.27. The highest BCUT2D eigenvalue weighted by molar-refractivity contribution is 5.80. The molecule has 2 atom stereocenters. The summed E-state index contributed by atoms with van der Waals surface area (Å²) in [4.78, 5) is 15.1. The van der Waals surface area contributed by atoms with E-state index < -0.39 is 0 Å². The Morgan fingerprint density at radius 3 is 3.06 bits per heavy atom. The SMILES string of the molecule is O=CC1CCCC(C2=NC=CC=CO2)CC1. The Kier molecular flexibility index (Phi) is 3.91. The van der Waals surface area contributed by atoms with Crippen LogP contribution in [0, 0.1) is 11.8 Å². The minimum atomic E-state index is 0.238. The third-order valence-corrected chi connectivity index (χ3v) is 3.22. The first-order valence-electron chi connectivity index (χ1n) is 5.91. The van der Waals surface area contributed by atoms with E-state index in [9.17, 15) is 4.79 Å². The van der Waals surface area contributed by atoms with Gasteiger partial charge in [-0.3, -0.25) is 0 Å². The van der Waals surface area contributed by atoms with Crippen LogP contribution in [0.5, 0.6) is 0 Å². The molecule has 0 spiro atoms. The summed E-state index contributed by atoms with van der Waals surface area (Å²) >= 11 is 0. The third-order valence-electron chi connectivity index (χ3n) is 3.22. The van der Waals surface area contributed by atoms with Gasteiger partial charge >= 0.3 is 0 Å². The molecule has 1 aliphatic heterocycles. The summed E-state index contributed by atoms with van der Waals surface area (Å²) < 4.78 is 5.49. The number of carbonyl (C=O) groups excluding carboxylic acids is 1. The maximum atomic E-state index is 10.8. The quantitative estimate of drug-likeness (QED) is 0.529. The second-order valence-electron chi connectivity index (χ2n) is 4.36. The van der Waals surface area contributed by atoms with Gasteiger partial charge in [0.1, 0.15) is 6.29 Å². The van der Waals surface area contributed by atoms with Crippen LogP contribution in [0.4, 0.5) is 0 Å². The van der Waals surface area contributed by atoms with Crippen LogP contribution < -0.4 is 0 Å². The molecule has 1 saturated carbocycles. The first kappa shape index (κ1) is 11.1. The van der Waals surface area contributed by atoms with E-state index in [-0.39, 0.29) is 5.92 Å². The molecule has 0 radical (unpaired) electrons. The van der Waals surface area contributed by atoms with Crippen LogP contribution in [0.25, 0.3) is 0 Å². The third kappa shape index (κ3) is 2.81. The Morgan fingerprint density at radius 2 is 2.19 bits per heavy atom. The van der Waals surface area contributed by atoms with Crippen LogP contribution in [0.3, 0.4) is 0 Å². The fourth-order valence-electron chi connectivity index (χ4n) is 2.27. The lowest BCUT2D eigenvalue weighted by molar-refractivity contribution is -0.111. The van der Waals surface area contributed by atoms with E-state index in [0.29, 0.717) is 5.92 Å². The highest BCUT2D eigenvalue weighted by Crippen LogP contribution is 2.28. The Morgan fingerprint density at radius 1 is 1.25 bits per heavy atom. The summed E-state index contributed by atoms with van der Waals surface area (Å²) in [6, 6.07) is 0. The van der Waals surface area contributed by atoms with Gasteiger partial charge in [0.2, 0.25) is 0 Å². The number of nitrogens with zero attached hydrogens (tertiary/aromatic N) is 1. The Labute approximate surface area is 95.9 Å². The van der Waals surface area contributed by atoms with Crippen LogP contribution in [0.15, 0.2) is 29.6 Å². The van der Waals surface area contributed by atoms with Crippen molar-refractivity contribution in [3.8, 4) is 0 Å². The minimum Gasteiger partial charge on any atom is -0.450 e. The summed E-state index contributed by atoms with van der Waals surface area (Å²) in [5.74, 6) is 1.41. The number of aldehydes is 1. The van der Waals surface area contributed by atoms with Gasteiger partial charge in [-0.1, -0.05) is 6.42 Å². The molecule has 1 fully saturated rings. The molecule has 0 aromatic carbocycles. The average molecular weight is 219 g/mol. The van der Waals surface area contributed by atoms with Crippen LogP contribution in [-0.2, 0) is 9.53 Å². The van der Waals surface area contributed by atoms with E-state index >= 15 is 0 Å². The van der Waals surface area contributed by atoms with Gasteiger partial charge in [-0.25, -0.2) is 4.99 Å². The molecule has 0 amide bonds. The molecule has 2 rings (SSSR count). The molecular formula is C13H17NO2. The maximum Gasteiger partial charge on any atom is 0.196 e. The van der Waals surface area contributed by atoms with E-state index in [0.717, 1.165) is 44.3 Å². The molecule has 3 nitrogen and oxygen atoms in total. The lowest BCUT2D eigenvalue weighted by atomic mass is 9.99. The van der Waals surface area contributed by atoms with E-state index in [2.05, 4.69) is 4.99 Å². The van der Waals surface area contributed by atoms with Gasteiger partial charge in [-0.2, -0.15) is 0 Å². The van der Waals surface area contributed by atoms with Crippen LogP contribution in [0.2, 0.25) is 0 Å². The summed E-state index contributed by atoms with van der Waals surface area (Å²) in [6.07, 6.45) is 13.4. The number of carbonyl (C=O) groups is 1. The number of hydrogen-bond donors (Lipinski definition) is 0. The topological polar surface area (TPSA) is 38.7 Å². The summed E-state index contributed by atoms with van der Waals surface area (Å²) in [5.41, 5.74) is 0. The predicted octanol–water partition coefficient (Wildman–Crippen LogP) is 2.84. The van der Waals surface area contributed by atoms with Crippen molar-refractivity contribution < 1.29 is 9.53 Å². The second-order valence-corrected chi connectivity index (χ2v) is 4.36. The Hall–Kier alpha value is -1.38. The number of allylic oxidation sites excluding steroid dienone is 2. The van der Waals surface area contributed by atoms with Crippen LogP contribution in [-0.4, -0.2) is 12.2 Å². The van der Waals surface area contributed by atoms with Crippen molar-refractivity contribution in [3.05, 3.63) is 24.6 Å². The standard InChI is InChI=1S/C13H17NO2/c15-10-11-4-3-5-12(7-6-11)13-14-8-1-2-9-16-13/h1-2,8-12H,3-7H2. The highest BCUT2D eigenvalue weighted by Gasteiger charge is 2.23. The van der Waals surface area contributed by atoms with Crippen molar-refractivity contribution in [1.82, 2.24) is 0 Å².